The van der Waals surface area contributed by atoms with Crippen LogP contribution in [-0.4, -0.2) is 9.78 Å². The summed E-state index contributed by atoms with van der Waals surface area (Å²) in [5, 5.41) is 4.80. The fourth-order valence-electron chi connectivity index (χ4n) is 2.63. The molecule has 21 heavy (non-hydrogen) atoms. The molecule has 114 valence electrons. The Bertz CT molecular complexity index is 631. The lowest BCUT2D eigenvalue weighted by molar-refractivity contribution is 0.434. The third kappa shape index (κ3) is 2.83. The van der Waals surface area contributed by atoms with Crippen molar-refractivity contribution >= 4 is 11.6 Å². The molecule has 2 N–H and O–H groups in total. The number of nitrogens with two attached hydrogens (primary N) is 1. The van der Waals surface area contributed by atoms with Gasteiger partial charge in [-0.2, -0.15) is 5.10 Å². The summed E-state index contributed by atoms with van der Waals surface area (Å²) in [6.45, 7) is 6.02. The lowest BCUT2D eigenvalue weighted by Crippen LogP contribution is -2.22. The van der Waals surface area contributed by atoms with Crippen LogP contribution in [0, 0.1) is 18.7 Å². The molecule has 2 atom stereocenters. The van der Waals surface area contributed by atoms with E-state index in [-0.39, 0.29) is 17.8 Å². The van der Waals surface area contributed by atoms with Gasteiger partial charge in [0.1, 0.15) is 5.82 Å². The van der Waals surface area contributed by atoms with Crippen LogP contribution in [0.4, 0.5) is 4.39 Å². The molecule has 0 aliphatic rings. The number of hydrogen-bond acceptors (Lipinski definition) is 2. The highest BCUT2D eigenvalue weighted by Crippen LogP contribution is 2.38. The molecule has 3 nitrogen and oxygen atoms in total. The highest BCUT2D eigenvalue weighted by molar-refractivity contribution is 6.33. The minimum atomic E-state index is -0.351. The highest BCUT2D eigenvalue weighted by Gasteiger charge is 2.26. The van der Waals surface area contributed by atoms with E-state index in [0.29, 0.717) is 16.1 Å². The Balaban J connectivity index is 2.70. The van der Waals surface area contributed by atoms with Crippen LogP contribution in [0.3, 0.4) is 0 Å². The minimum absolute atomic E-state index is 0.216. The van der Waals surface area contributed by atoms with Crippen LogP contribution in [0.5, 0.6) is 0 Å². The smallest absolute Gasteiger partial charge is 0.132 e. The van der Waals surface area contributed by atoms with Gasteiger partial charge in [-0.05, 0) is 25.0 Å². The Hall–Kier alpha value is -1.39. The van der Waals surface area contributed by atoms with Crippen LogP contribution >= 0.6 is 11.6 Å². The van der Waals surface area contributed by atoms with Crippen molar-refractivity contribution in [3.8, 4) is 11.1 Å². The fourth-order valence-corrected chi connectivity index (χ4v) is 2.88. The number of aryl methyl sites for hydroxylation is 2. The van der Waals surface area contributed by atoms with Crippen molar-refractivity contribution < 1.29 is 4.39 Å². The molecule has 1 aromatic carbocycles. The summed E-state index contributed by atoms with van der Waals surface area (Å²) < 4.78 is 16.0. The molecular formula is C16H21ClFN3. The van der Waals surface area contributed by atoms with Gasteiger partial charge in [0, 0.05) is 24.2 Å². The molecule has 2 aromatic rings. The Labute approximate surface area is 129 Å². The average molecular weight is 310 g/mol. The van der Waals surface area contributed by atoms with Gasteiger partial charge in [-0.3, -0.25) is 4.68 Å². The lowest BCUT2D eigenvalue weighted by atomic mass is 9.91. The van der Waals surface area contributed by atoms with Gasteiger partial charge in [-0.1, -0.05) is 37.9 Å². The van der Waals surface area contributed by atoms with Crippen molar-refractivity contribution in [2.45, 2.75) is 33.2 Å². The molecule has 2 unspecified atom stereocenters. The summed E-state index contributed by atoms with van der Waals surface area (Å²) in [5.41, 5.74) is 9.04. The summed E-state index contributed by atoms with van der Waals surface area (Å²) in [4.78, 5) is 0. The average Bonchev–Trinajstić information content (AvgIpc) is 2.72. The first-order valence-electron chi connectivity index (χ1n) is 7.11. The third-order valence-electron chi connectivity index (χ3n) is 4.05. The molecule has 0 aliphatic heterocycles. The minimum Gasteiger partial charge on any atom is -0.322 e. The Morgan fingerprint density at radius 3 is 2.62 bits per heavy atom. The maximum absolute atomic E-state index is 14.3. The molecule has 2 rings (SSSR count). The predicted molar refractivity (Wildman–Crippen MR) is 84.7 cm³/mol. The van der Waals surface area contributed by atoms with Crippen molar-refractivity contribution in [3.63, 3.8) is 0 Å². The van der Waals surface area contributed by atoms with Gasteiger partial charge in [-0.15, -0.1) is 0 Å². The maximum atomic E-state index is 14.3. The van der Waals surface area contributed by atoms with Crippen LogP contribution < -0.4 is 5.73 Å². The van der Waals surface area contributed by atoms with E-state index in [4.69, 9.17) is 17.3 Å². The van der Waals surface area contributed by atoms with E-state index in [9.17, 15) is 4.39 Å². The number of hydrogen-bond donors (Lipinski definition) is 1. The van der Waals surface area contributed by atoms with E-state index in [1.165, 1.54) is 6.07 Å². The Kier molecular flexibility index (Phi) is 4.69. The van der Waals surface area contributed by atoms with Gasteiger partial charge in [0.25, 0.3) is 0 Å². The van der Waals surface area contributed by atoms with Crippen molar-refractivity contribution in [2.24, 2.45) is 18.7 Å². The molecule has 0 amide bonds. The summed E-state index contributed by atoms with van der Waals surface area (Å²) in [7, 11) is 1.84. The zero-order valence-electron chi connectivity index (χ0n) is 12.8. The third-order valence-corrected chi connectivity index (χ3v) is 4.37. The first-order chi connectivity index (χ1) is 9.88. The van der Waals surface area contributed by atoms with Crippen LogP contribution in [0.1, 0.15) is 37.7 Å². The zero-order valence-corrected chi connectivity index (χ0v) is 13.6. The van der Waals surface area contributed by atoms with Crippen molar-refractivity contribution in [3.05, 3.63) is 40.4 Å². The molecule has 0 bridgehead atoms. The first kappa shape index (κ1) is 16.0. The summed E-state index contributed by atoms with van der Waals surface area (Å²) in [6.07, 6.45) is 0.940. The number of aromatic nitrogens is 2. The van der Waals surface area contributed by atoms with Gasteiger partial charge in [0.05, 0.1) is 16.4 Å². The summed E-state index contributed by atoms with van der Waals surface area (Å²) >= 11 is 6.22. The van der Waals surface area contributed by atoms with E-state index in [1.807, 2.05) is 14.0 Å². The van der Waals surface area contributed by atoms with Crippen molar-refractivity contribution in [2.75, 3.05) is 0 Å². The standard InChI is InChI=1S/C16H21ClFN3/c1-5-9(2)15(19)16-13(10(3)20-21(16)4)14-11(17)7-6-8-12(14)18/h6-9,15H,5,19H2,1-4H3. The molecule has 0 aliphatic carbocycles. The molecule has 0 fully saturated rings. The molecule has 5 heteroatoms. The predicted octanol–water partition coefficient (Wildman–Crippen LogP) is 4.23. The second-order valence-electron chi connectivity index (χ2n) is 5.48. The lowest BCUT2D eigenvalue weighted by Gasteiger charge is -2.21. The van der Waals surface area contributed by atoms with Gasteiger partial charge in [0.2, 0.25) is 0 Å². The van der Waals surface area contributed by atoms with Gasteiger partial charge in [0.15, 0.2) is 0 Å². The molecule has 0 radical (unpaired) electrons. The van der Waals surface area contributed by atoms with Gasteiger partial charge < -0.3 is 5.73 Å². The quantitative estimate of drug-likeness (QED) is 0.918. The summed E-state index contributed by atoms with van der Waals surface area (Å²) in [6, 6.07) is 4.48. The monoisotopic (exact) mass is 309 g/mol. The highest BCUT2D eigenvalue weighted by atomic mass is 35.5. The van der Waals surface area contributed by atoms with Gasteiger partial charge in [-0.25, -0.2) is 4.39 Å². The van der Waals surface area contributed by atoms with E-state index >= 15 is 0 Å². The number of benzene rings is 1. The Morgan fingerprint density at radius 1 is 1.38 bits per heavy atom. The molecule has 0 saturated heterocycles. The molecule has 1 heterocycles. The molecule has 0 saturated carbocycles. The van der Waals surface area contributed by atoms with Crippen LogP contribution in [-0.2, 0) is 7.05 Å². The van der Waals surface area contributed by atoms with E-state index < -0.39 is 0 Å². The normalized spacial score (nSPS) is 14.2. The Morgan fingerprint density at radius 2 is 2.05 bits per heavy atom. The van der Waals surface area contributed by atoms with Crippen LogP contribution in [0.25, 0.3) is 11.1 Å². The fraction of sp³-hybridized carbons (Fsp3) is 0.438. The van der Waals surface area contributed by atoms with E-state index in [0.717, 1.165) is 17.8 Å². The molecule has 0 spiro atoms. The molecule has 1 aromatic heterocycles. The topological polar surface area (TPSA) is 43.8 Å². The zero-order chi connectivity index (χ0) is 15.7. The SMILES string of the molecule is CCC(C)C(N)c1c(-c2c(F)cccc2Cl)c(C)nn1C. The summed E-state index contributed by atoms with van der Waals surface area (Å²) in [5.74, 6) is -0.0831. The maximum Gasteiger partial charge on any atom is 0.132 e. The van der Waals surface area contributed by atoms with Crippen LogP contribution in [0.2, 0.25) is 5.02 Å². The second kappa shape index (κ2) is 6.16. The largest absolute Gasteiger partial charge is 0.322 e. The van der Waals surface area contributed by atoms with E-state index in [1.54, 1.807) is 16.8 Å². The molecular weight excluding hydrogens is 289 g/mol. The van der Waals surface area contributed by atoms with Gasteiger partial charge >= 0.3 is 0 Å². The van der Waals surface area contributed by atoms with Crippen molar-refractivity contribution in [1.29, 1.82) is 0 Å². The van der Waals surface area contributed by atoms with E-state index in [2.05, 4.69) is 18.9 Å². The first-order valence-corrected chi connectivity index (χ1v) is 7.49. The van der Waals surface area contributed by atoms with Crippen molar-refractivity contribution in [1.82, 2.24) is 9.78 Å². The number of halogens is 2. The van der Waals surface area contributed by atoms with Crippen LogP contribution in [0.15, 0.2) is 18.2 Å². The number of rotatable bonds is 4. The number of nitrogens with zero attached hydrogens (tertiary/aromatic N) is 2. The second-order valence-corrected chi connectivity index (χ2v) is 5.88.